The van der Waals surface area contributed by atoms with Gasteiger partial charge in [-0.3, -0.25) is 4.99 Å². The largest absolute Gasteiger partial charge is 0.376 e. The fraction of sp³-hybridized carbons (Fsp3) is 0.650. The highest BCUT2D eigenvalue weighted by Gasteiger charge is 2.25. The number of ether oxygens (including phenoxy) is 1. The van der Waals surface area contributed by atoms with Crippen molar-refractivity contribution >= 4 is 16.0 Å². The molecular weight excluding hydrogens is 376 g/mol. The first kappa shape index (κ1) is 22.6. The van der Waals surface area contributed by atoms with Gasteiger partial charge in [-0.15, -0.1) is 0 Å². The first-order valence-electron chi connectivity index (χ1n) is 9.96. The van der Waals surface area contributed by atoms with E-state index in [1.165, 1.54) is 16.1 Å². The highest BCUT2D eigenvalue weighted by atomic mass is 32.2. The van der Waals surface area contributed by atoms with Crippen LogP contribution in [0.2, 0.25) is 0 Å². The maximum atomic E-state index is 11.6. The van der Waals surface area contributed by atoms with Crippen LogP contribution in [0.3, 0.4) is 0 Å². The van der Waals surface area contributed by atoms with E-state index in [0.29, 0.717) is 32.2 Å². The molecule has 1 saturated heterocycles. The maximum absolute atomic E-state index is 11.6. The van der Waals surface area contributed by atoms with E-state index in [9.17, 15) is 8.42 Å². The molecule has 0 spiro atoms. The van der Waals surface area contributed by atoms with E-state index in [-0.39, 0.29) is 0 Å². The fourth-order valence-corrected chi connectivity index (χ4v) is 4.35. The van der Waals surface area contributed by atoms with E-state index in [4.69, 9.17) is 4.74 Å². The average Bonchev–Trinajstić information content (AvgIpc) is 3.13. The standard InChI is InChI=1S/C20H34N4O3S/c1-4-24(28(3,25)26)13-8-12-22-20(21-2)23-14-11-19(15-23)17-27-16-18-9-6-5-7-10-18/h5-7,9-10,19H,4,8,11-17H2,1-3H3,(H,21,22). The second kappa shape index (κ2) is 11.4. The Morgan fingerprint density at radius 1 is 1.36 bits per heavy atom. The summed E-state index contributed by atoms with van der Waals surface area (Å²) in [4.78, 5) is 6.63. The predicted molar refractivity (Wildman–Crippen MR) is 114 cm³/mol. The molecule has 0 bridgehead atoms. The third-order valence-electron chi connectivity index (χ3n) is 4.95. The highest BCUT2D eigenvalue weighted by molar-refractivity contribution is 7.88. The lowest BCUT2D eigenvalue weighted by molar-refractivity contribution is 0.0907. The molecule has 158 valence electrons. The van der Waals surface area contributed by atoms with Gasteiger partial charge < -0.3 is 15.0 Å². The van der Waals surface area contributed by atoms with Gasteiger partial charge in [-0.1, -0.05) is 37.3 Å². The lowest BCUT2D eigenvalue weighted by Gasteiger charge is -2.23. The van der Waals surface area contributed by atoms with Gasteiger partial charge in [0.1, 0.15) is 0 Å². The molecule has 0 saturated carbocycles. The minimum Gasteiger partial charge on any atom is -0.376 e. The Kier molecular flexibility index (Phi) is 9.21. The number of guanidine groups is 1. The maximum Gasteiger partial charge on any atom is 0.211 e. The van der Waals surface area contributed by atoms with Gasteiger partial charge in [0.25, 0.3) is 0 Å². The molecule has 0 amide bonds. The van der Waals surface area contributed by atoms with Gasteiger partial charge in [0.2, 0.25) is 10.0 Å². The summed E-state index contributed by atoms with van der Waals surface area (Å²) in [6.07, 6.45) is 3.09. The molecule has 1 heterocycles. The molecule has 0 aliphatic carbocycles. The summed E-state index contributed by atoms with van der Waals surface area (Å²) in [5, 5.41) is 3.36. The van der Waals surface area contributed by atoms with Crippen molar-refractivity contribution in [2.75, 3.05) is 52.6 Å². The molecule has 7 nitrogen and oxygen atoms in total. The monoisotopic (exact) mass is 410 g/mol. The molecule has 0 aromatic heterocycles. The van der Waals surface area contributed by atoms with Crippen LogP contribution in [-0.2, 0) is 21.4 Å². The molecule has 2 rings (SSSR count). The van der Waals surface area contributed by atoms with Gasteiger partial charge in [0.15, 0.2) is 5.96 Å². The summed E-state index contributed by atoms with van der Waals surface area (Å²) in [6, 6.07) is 10.2. The molecule has 1 aliphatic rings. The zero-order valence-electron chi connectivity index (χ0n) is 17.3. The fourth-order valence-electron chi connectivity index (χ4n) is 3.43. The number of aliphatic imine (C=N–C) groups is 1. The van der Waals surface area contributed by atoms with E-state index < -0.39 is 10.0 Å². The topological polar surface area (TPSA) is 74.2 Å². The lowest BCUT2D eigenvalue weighted by Crippen LogP contribution is -2.41. The van der Waals surface area contributed by atoms with Gasteiger partial charge in [-0.05, 0) is 18.4 Å². The molecular formula is C20H34N4O3S. The number of nitrogens with one attached hydrogen (secondary N) is 1. The minimum atomic E-state index is -3.12. The SMILES string of the molecule is CCN(CCCNC(=NC)N1CCC(COCc2ccccc2)C1)S(C)(=O)=O. The number of rotatable bonds is 10. The molecule has 1 aromatic carbocycles. The van der Waals surface area contributed by atoms with Crippen LogP contribution in [0, 0.1) is 5.92 Å². The molecule has 1 N–H and O–H groups in total. The van der Waals surface area contributed by atoms with Crippen LogP contribution in [0.25, 0.3) is 0 Å². The van der Waals surface area contributed by atoms with E-state index in [2.05, 4.69) is 27.3 Å². The summed E-state index contributed by atoms with van der Waals surface area (Å²) in [7, 11) is -1.33. The van der Waals surface area contributed by atoms with Gasteiger partial charge in [0.05, 0.1) is 19.5 Å². The summed E-state index contributed by atoms with van der Waals surface area (Å²) in [5.41, 5.74) is 1.20. The Labute approximate surface area is 169 Å². The van der Waals surface area contributed by atoms with Crippen molar-refractivity contribution < 1.29 is 13.2 Å². The second-order valence-electron chi connectivity index (χ2n) is 7.18. The average molecular weight is 411 g/mol. The zero-order valence-corrected chi connectivity index (χ0v) is 18.1. The van der Waals surface area contributed by atoms with Crippen LogP contribution in [-0.4, -0.2) is 76.2 Å². The number of sulfonamides is 1. The van der Waals surface area contributed by atoms with Crippen LogP contribution >= 0.6 is 0 Å². The van der Waals surface area contributed by atoms with Crippen molar-refractivity contribution in [2.45, 2.75) is 26.4 Å². The summed E-state index contributed by atoms with van der Waals surface area (Å²) in [5.74, 6) is 1.39. The summed E-state index contributed by atoms with van der Waals surface area (Å²) in [6.45, 7) is 6.88. The van der Waals surface area contributed by atoms with E-state index in [0.717, 1.165) is 38.5 Å². The first-order valence-corrected chi connectivity index (χ1v) is 11.8. The van der Waals surface area contributed by atoms with Gasteiger partial charge in [-0.2, -0.15) is 0 Å². The Bertz CT molecular complexity index is 709. The number of hydrogen-bond acceptors (Lipinski definition) is 4. The van der Waals surface area contributed by atoms with Crippen molar-refractivity contribution in [1.82, 2.24) is 14.5 Å². The molecule has 1 aromatic rings. The van der Waals surface area contributed by atoms with E-state index in [1.807, 2.05) is 25.1 Å². The first-order chi connectivity index (χ1) is 13.4. The Morgan fingerprint density at radius 3 is 2.75 bits per heavy atom. The third-order valence-corrected chi connectivity index (χ3v) is 6.33. The van der Waals surface area contributed by atoms with Crippen LogP contribution < -0.4 is 5.32 Å². The van der Waals surface area contributed by atoms with Crippen LogP contribution in [0.5, 0.6) is 0 Å². The van der Waals surface area contributed by atoms with E-state index in [1.54, 1.807) is 7.05 Å². The van der Waals surface area contributed by atoms with Crippen molar-refractivity contribution in [3.8, 4) is 0 Å². The van der Waals surface area contributed by atoms with Gasteiger partial charge in [0, 0.05) is 45.7 Å². The minimum absolute atomic E-state index is 0.503. The highest BCUT2D eigenvalue weighted by Crippen LogP contribution is 2.17. The van der Waals surface area contributed by atoms with Crippen molar-refractivity contribution in [3.63, 3.8) is 0 Å². The van der Waals surface area contributed by atoms with Crippen molar-refractivity contribution in [2.24, 2.45) is 10.9 Å². The van der Waals surface area contributed by atoms with Crippen molar-refractivity contribution in [3.05, 3.63) is 35.9 Å². The van der Waals surface area contributed by atoms with E-state index >= 15 is 0 Å². The van der Waals surface area contributed by atoms with Gasteiger partial charge in [-0.25, -0.2) is 12.7 Å². The second-order valence-corrected chi connectivity index (χ2v) is 9.17. The molecule has 1 atom stereocenters. The lowest BCUT2D eigenvalue weighted by atomic mass is 10.1. The predicted octanol–water partition coefficient (Wildman–Crippen LogP) is 1.77. The summed E-state index contributed by atoms with van der Waals surface area (Å²) >= 11 is 0. The normalized spacial score (nSPS) is 18.1. The number of likely N-dealkylation sites (tertiary alicyclic amines) is 1. The number of benzene rings is 1. The molecule has 28 heavy (non-hydrogen) atoms. The molecule has 1 aliphatic heterocycles. The Morgan fingerprint density at radius 2 is 2.11 bits per heavy atom. The summed E-state index contributed by atoms with van der Waals surface area (Å²) < 4.78 is 30.6. The van der Waals surface area contributed by atoms with Crippen molar-refractivity contribution in [1.29, 1.82) is 0 Å². The van der Waals surface area contributed by atoms with Gasteiger partial charge >= 0.3 is 0 Å². The molecule has 8 heteroatoms. The molecule has 1 fully saturated rings. The Hall–Kier alpha value is -1.64. The molecule has 0 radical (unpaired) electrons. The third kappa shape index (κ3) is 7.41. The van der Waals surface area contributed by atoms with Crippen LogP contribution in [0.4, 0.5) is 0 Å². The van der Waals surface area contributed by atoms with Crippen LogP contribution in [0.15, 0.2) is 35.3 Å². The molecule has 1 unspecified atom stereocenters. The Balaban J connectivity index is 1.67. The number of nitrogens with zero attached hydrogens (tertiary/aromatic N) is 3. The number of hydrogen-bond donors (Lipinski definition) is 1. The van der Waals surface area contributed by atoms with Crippen LogP contribution in [0.1, 0.15) is 25.3 Å². The zero-order chi connectivity index (χ0) is 20.4. The quantitative estimate of drug-likeness (QED) is 0.362. The smallest absolute Gasteiger partial charge is 0.211 e.